The van der Waals surface area contributed by atoms with Crippen molar-refractivity contribution in [2.24, 2.45) is 11.8 Å². The summed E-state index contributed by atoms with van der Waals surface area (Å²) in [6.07, 6.45) is 5.08. The third-order valence-electron chi connectivity index (χ3n) is 5.39. The fourth-order valence-corrected chi connectivity index (χ4v) is 3.74. The maximum atomic E-state index is 13.3. The lowest BCUT2D eigenvalue weighted by molar-refractivity contribution is -0.123. The molecule has 3 rings (SSSR count). The summed E-state index contributed by atoms with van der Waals surface area (Å²) in [5, 5.41) is 23.6. The predicted octanol–water partition coefficient (Wildman–Crippen LogP) is 3.84. The van der Waals surface area contributed by atoms with Crippen LogP contribution in [0.25, 0.3) is 5.69 Å². The van der Waals surface area contributed by atoms with Crippen molar-refractivity contribution >= 4 is 17.7 Å². The minimum Gasteiger partial charge on any atom is -0.508 e. The Morgan fingerprint density at radius 2 is 1.75 bits per heavy atom. The molecule has 0 radical (unpaired) electrons. The van der Waals surface area contributed by atoms with Crippen LogP contribution in [0.2, 0.25) is 0 Å². The fourth-order valence-electron chi connectivity index (χ4n) is 3.74. The van der Waals surface area contributed by atoms with Crippen LogP contribution in [0.5, 0.6) is 5.75 Å². The Labute approximate surface area is 164 Å². The molecule has 1 heterocycles. The van der Waals surface area contributed by atoms with E-state index in [0.717, 1.165) is 25.7 Å². The average molecular weight is 385 g/mol. The summed E-state index contributed by atoms with van der Waals surface area (Å²) in [7, 11) is 0. The first-order valence-electron chi connectivity index (χ1n) is 9.73. The number of rotatable bonds is 5. The number of amides is 1. The van der Waals surface area contributed by atoms with E-state index in [1.165, 1.54) is 27.9 Å². The van der Waals surface area contributed by atoms with Gasteiger partial charge in [0.15, 0.2) is 5.82 Å². The Hall–Kier alpha value is -2.83. The van der Waals surface area contributed by atoms with Crippen LogP contribution in [0.4, 0.5) is 5.82 Å². The number of phenols is 1. The topological polar surface area (TPSA) is 95.7 Å². The molecule has 0 unspecified atom stereocenters. The van der Waals surface area contributed by atoms with E-state index in [0.29, 0.717) is 11.6 Å². The highest BCUT2D eigenvalue weighted by Crippen LogP contribution is 2.32. The second-order valence-electron chi connectivity index (χ2n) is 7.89. The molecular weight excluding hydrogens is 358 g/mol. The normalized spacial score (nSPS) is 19.6. The van der Waals surface area contributed by atoms with E-state index in [2.05, 4.69) is 12.0 Å². The maximum Gasteiger partial charge on any atom is 0.341 e. The molecule has 28 heavy (non-hydrogen) atoms. The molecule has 0 bridgehead atoms. The smallest absolute Gasteiger partial charge is 0.341 e. The van der Waals surface area contributed by atoms with Crippen LogP contribution in [0, 0.1) is 11.8 Å². The molecule has 1 saturated carbocycles. The molecule has 2 aromatic rings. The number of phenolic OH excluding ortho intramolecular Hbond substituents is 1. The number of hydrogen-bond donors (Lipinski definition) is 2. The van der Waals surface area contributed by atoms with Gasteiger partial charge in [0, 0.05) is 18.2 Å². The molecule has 0 saturated heterocycles. The minimum absolute atomic E-state index is 0.0145. The van der Waals surface area contributed by atoms with Gasteiger partial charge in [0.1, 0.15) is 11.3 Å². The minimum atomic E-state index is -1.13. The van der Waals surface area contributed by atoms with E-state index in [1.807, 2.05) is 13.8 Å². The monoisotopic (exact) mass is 385 g/mol. The molecule has 1 aliphatic carbocycles. The first-order chi connectivity index (χ1) is 13.3. The van der Waals surface area contributed by atoms with Gasteiger partial charge >= 0.3 is 5.97 Å². The Morgan fingerprint density at radius 3 is 2.29 bits per heavy atom. The quantitative estimate of drug-likeness (QED) is 0.815. The lowest BCUT2D eigenvalue weighted by Gasteiger charge is -2.32. The molecule has 0 spiro atoms. The van der Waals surface area contributed by atoms with Crippen molar-refractivity contribution in [2.45, 2.75) is 52.5 Å². The van der Waals surface area contributed by atoms with Crippen LogP contribution >= 0.6 is 0 Å². The van der Waals surface area contributed by atoms with Crippen molar-refractivity contribution in [3.63, 3.8) is 0 Å². The summed E-state index contributed by atoms with van der Waals surface area (Å²) in [5.74, 6) is -0.380. The molecule has 0 atom stereocenters. The molecule has 0 aliphatic heterocycles. The van der Waals surface area contributed by atoms with E-state index < -0.39 is 5.97 Å². The number of carbonyl (C=O) groups excluding carboxylic acids is 1. The first-order valence-corrected chi connectivity index (χ1v) is 9.73. The summed E-state index contributed by atoms with van der Waals surface area (Å²) < 4.78 is 1.43. The summed E-state index contributed by atoms with van der Waals surface area (Å²) in [5.41, 5.74) is 0.591. The molecule has 150 valence electrons. The second-order valence-corrected chi connectivity index (χ2v) is 7.89. The number of nitrogens with zero attached hydrogens (tertiary/aromatic N) is 3. The van der Waals surface area contributed by atoms with Crippen molar-refractivity contribution in [1.29, 1.82) is 0 Å². The Morgan fingerprint density at radius 1 is 1.14 bits per heavy atom. The highest BCUT2D eigenvalue weighted by Gasteiger charge is 2.34. The van der Waals surface area contributed by atoms with E-state index in [9.17, 15) is 19.8 Å². The largest absolute Gasteiger partial charge is 0.508 e. The van der Waals surface area contributed by atoms with Crippen molar-refractivity contribution in [2.75, 3.05) is 4.90 Å². The van der Waals surface area contributed by atoms with Gasteiger partial charge < -0.3 is 10.2 Å². The van der Waals surface area contributed by atoms with Gasteiger partial charge in [0.25, 0.3) is 0 Å². The van der Waals surface area contributed by atoms with Crippen molar-refractivity contribution < 1.29 is 19.8 Å². The molecule has 1 aliphatic rings. The highest BCUT2D eigenvalue weighted by molar-refractivity contribution is 6.01. The van der Waals surface area contributed by atoms with Gasteiger partial charge in [-0.15, -0.1) is 5.10 Å². The van der Waals surface area contributed by atoms with Crippen molar-refractivity contribution in [3.05, 3.63) is 36.0 Å². The maximum absolute atomic E-state index is 13.3. The van der Waals surface area contributed by atoms with Gasteiger partial charge in [0.2, 0.25) is 5.91 Å². The van der Waals surface area contributed by atoms with Crippen molar-refractivity contribution in [3.8, 4) is 11.4 Å². The number of aromatic carboxylic acids is 1. The van der Waals surface area contributed by atoms with Crippen LogP contribution in [-0.2, 0) is 4.79 Å². The Balaban J connectivity index is 1.99. The number of benzene rings is 1. The highest BCUT2D eigenvalue weighted by atomic mass is 16.4. The van der Waals surface area contributed by atoms with Gasteiger partial charge in [-0.05, 0) is 69.7 Å². The zero-order valence-corrected chi connectivity index (χ0v) is 16.5. The zero-order chi connectivity index (χ0) is 20.4. The van der Waals surface area contributed by atoms with E-state index in [4.69, 9.17) is 0 Å². The van der Waals surface area contributed by atoms with Gasteiger partial charge in [-0.25, -0.2) is 9.48 Å². The van der Waals surface area contributed by atoms with Gasteiger partial charge in [-0.3, -0.25) is 9.69 Å². The Kier molecular flexibility index (Phi) is 5.72. The summed E-state index contributed by atoms with van der Waals surface area (Å²) in [6, 6.07) is 6.08. The van der Waals surface area contributed by atoms with E-state index >= 15 is 0 Å². The molecule has 1 amide bonds. The standard InChI is InChI=1S/C21H27N3O4/c1-13(2)24(20(26)15-6-4-14(3)5-7-15)19-18(21(27)28)12-23(22-19)16-8-10-17(25)11-9-16/h8-15,25H,4-7H2,1-3H3,(H,27,28). The number of hydrogen-bond acceptors (Lipinski definition) is 4. The van der Waals surface area contributed by atoms with Gasteiger partial charge in [0.05, 0.1) is 5.69 Å². The number of carboxylic acids is 1. The third-order valence-corrected chi connectivity index (χ3v) is 5.39. The number of anilines is 1. The fraction of sp³-hybridized carbons (Fsp3) is 0.476. The SMILES string of the molecule is CC1CCC(C(=O)N(c2nn(-c3ccc(O)cc3)cc2C(=O)O)C(C)C)CC1. The molecule has 7 nitrogen and oxygen atoms in total. The van der Waals surface area contributed by atoms with Gasteiger partial charge in [-0.2, -0.15) is 0 Å². The molecular formula is C21H27N3O4. The molecule has 1 aromatic heterocycles. The van der Waals surface area contributed by atoms with Crippen molar-refractivity contribution in [1.82, 2.24) is 9.78 Å². The molecule has 7 heteroatoms. The lowest BCUT2D eigenvalue weighted by Crippen LogP contribution is -2.43. The summed E-state index contributed by atoms with van der Waals surface area (Å²) >= 11 is 0. The third kappa shape index (κ3) is 4.03. The Bertz CT molecular complexity index is 849. The van der Waals surface area contributed by atoms with Crippen LogP contribution in [0.3, 0.4) is 0 Å². The predicted molar refractivity (Wildman–Crippen MR) is 106 cm³/mol. The summed E-state index contributed by atoms with van der Waals surface area (Å²) in [4.78, 5) is 26.6. The van der Waals surface area contributed by atoms with Gasteiger partial charge in [-0.1, -0.05) is 6.92 Å². The number of aromatic hydroxyl groups is 1. The average Bonchev–Trinajstić information content (AvgIpc) is 3.07. The number of carbonyl (C=O) groups is 2. The van der Waals surface area contributed by atoms with Crippen LogP contribution in [-0.4, -0.2) is 37.9 Å². The van der Waals surface area contributed by atoms with E-state index in [1.54, 1.807) is 12.1 Å². The number of aromatic nitrogens is 2. The zero-order valence-electron chi connectivity index (χ0n) is 16.5. The molecule has 1 fully saturated rings. The van der Waals surface area contributed by atoms with Crippen LogP contribution < -0.4 is 4.90 Å². The lowest BCUT2D eigenvalue weighted by atomic mass is 9.82. The second kappa shape index (κ2) is 8.04. The van der Waals surface area contributed by atoms with E-state index in [-0.39, 0.29) is 35.0 Å². The summed E-state index contributed by atoms with van der Waals surface area (Å²) in [6.45, 7) is 5.94. The van der Waals surface area contributed by atoms with Crippen LogP contribution in [0.15, 0.2) is 30.5 Å². The number of carboxylic acid groups (broad SMARTS) is 1. The first kappa shape index (κ1) is 19.9. The molecule has 2 N–H and O–H groups in total. The van der Waals surface area contributed by atoms with Crippen LogP contribution in [0.1, 0.15) is 56.8 Å². The molecule has 1 aromatic carbocycles.